The van der Waals surface area contributed by atoms with E-state index in [1.807, 2.05) is 36.4 Å². The molecule has 0 saturated carbocycles. The fourth-order valence-corrected chi connectivity index (χ4v) is 7.89. The molecule has 1 aliphatic carbocycles. The van der Waals surface area contributed by atoms with E-state index in [9.17, 15) is 0 Å². The molecular formula is C46H32N2O2. The van der Waals surface area contributed by atoms with Crippen LogP contribution in [0.4, 0.5) is 17.1 Å². The van der Waals surface area contributed by atoms with Crippen molar-refractivity contribution in [2.45, 2.75) is 19.3 Å². The fourth-order valence-electron chi connectivity index (χ4n) is 7.89. The van der Waals surface area contributed by atoms with E-state index in [0.717, 1.165) is 55.6 Å². The Hall–Kier alpha value is -6.39. The molecule has 2 aromatic heterocycles. The van der Waals surface area contributed by atoms with Crippen LogP contribution < -0.4 is 4.90 Å². The molecule has 0 radical (unpaired) electrons. The van der Waals surface area contributed by atoms with E-state index in [2.05, 4.69) is 140 Å². The first-order chi connectivity index (χ1) is 24.5. The lowest BCUT2D eigenvalue weighted by Crippen LogP contribution is -2.16. The number of nitrogens with zero attached hydrogens (tertiary/aromatic N) is 2. The van der Waals surface area contributed by atoms with E-state index in [1.165, 1.54) is 27.8 Å². The van der Waals surface area contributed by atoms with Crippen LogP contribution >= 0.6 is 0 Å². The summed E-state index contributed by atoms with van der Waals surface area (Å²) in [6, 6.07) is 55.6. The second-order valence-electron chi connectivity index (χ2n) is 13.6. The van der Waals surface area contributed by atoms with Crippen molar-refractivity contribution in [3.63, 3.8) is 0 Å². The number of furan rings is 1. The Morgan fingerprint density at radius 1 is 0.500 bits per heavy atom. The van der Waals surface area contributed by atoms with Crippen molar-refractivity contribution in [1.82, 2.24) is 4.98 Å². The molecule has 0 atom stereocenters. The Morgan fingerprint density at radius 3 is 1.98 bits per heavy atom. The van der Waals surface area contributed by atoms with Crippen molar-refractivity contribution in [3.8, 4) is 33.7 Å². The Balaban J connectivity index is 1.22. The smallest absolute Gasteiger partial charge is 0.227 e. The van der Waals surface area contributed by atoms with E-state index < -0.39 is 0 Å². The van der Waals surface area contributed by atoms with Gasteiger partial charge in [-0.05, 0) is 70.8 Å². The van der Waals surface area contributed by atoms with E-state index in [4.69, 9.17) is 13.8 Å². The summed E-state index contributed by atoms with van der Waals surface area (Å²) in [7, 11) is 0. The molecule has 238 valence electrons. The van der Waals surface area contributed by atoms with E-state index in [1.54, 1.807) is 0 Å². The predicted octanol–water partition coefficient (Wildman–Crippen LogP) is 12.8. The van der Waals surface area contributed by atoms with Crippen LogP contribution in [-0.4, -0.2) is 4.98 Å². The van der Waals surface area contributed by atoms with Crippen molar-refractivity contribution >= 4 is 50.1 Å². The first-order valence-corrected chi connectivity index (χ1v) is 17.0. The minimum Gasteiger partial charge on any atom is -0.456 e. The molecule has 0 spiro atoms. The second-order valence-corrected chi connectivity index (χ2v) is 13.6. The predicted molar refractivity (Wildman–Crippen MR) is 204 cm³/mol. The Labute approximate surface area is 289 Å². The minimum absolute atomic E-state index is 0.126. The van der Waals surface area contributed by atoms with Crippen LogP contribution in [0.15, 0.2) is 167 Å². The summed E-state index contributed by atoms with van der Waals surface area (Å²) in [5.41, 5.74) is 14.8. The lowest BCUT2D eigenvalue weighted by atomic mass is 9.82. The topological polar surface area (TPSA) is 42.4 Å². The Bertz CT molecular complexity index is 2740. The first-order valence-electron chi connectivity index (χ1n) is 17.0. The maximum Gasteiger partial charge on any atom is 0.227 e. The summed E-state index contributed by atoms with van der Waals surface area (Å²) >= 11 is 0. The molecule has 2 heterocycles. The third kappa shape index (κ3) is 4.28. The number of hydrogen-bond donors (Lipinski definition) is 0. The van der Waals surface area contributed by atoms with Crippen molar-refractivity contribution in [2.75, 3.05) is 4.90 Å². The molecule has 1 aliphatic rings. The van der Waals surface area contributed by atoms with Gasteiger partial charge in [-0.2, -0.15) is 0 Å². The van der Waals surface area contributed by atoms with Crippen LogP contribution in [-0.2, 0) is 5.41 Å². The normalized spacial score (nSPS) is 13.2. The molecule has 0 amide bonds. The quantitative estimate of drug-likeness (QED) is 0.187. The maximum atomic E-state index is 6.46. The highest BCUT2D eigenvalue weighted by Gasteiger charge is 2.38. The minimum atomic E-state index is -0.126. The number of aromatic nitrogens is 1. The largest absolute Gasteiger partial charge is 0.456 e. The summed E-state index contributed by atoms with van der Waals surface area (Å²) in [6.45, 7) is 4.67. The SMILES string of the molecule is CC1(C)c2ccccc2-c2c(N(c3ccc4oc5cc6oc(-c7ccccc7)nc6cc5c4c3)c3ccccc3-c3ccccc3)cccc21. The molecule has 4 nitrogen and oxygen atoms in total. The third-order valence-corrected chi connectivity index (χ3v) is 10.3. The van der Waals surface area contributed by atoms with Crippen molar-refractivity contribution in [3.05, 3.63) is 169 Å². The van der Waals surface area contributed by atoms with E-state index in [0.29, 0.717) is 11.5 Å². The van der Waals surface area contributed by atoms with Crippen LogP contribution in [0.2, 0.25) is 0 Å². The van der Waals surface area contributed by atoms with E-state index in [-0.39, 0.29) is 5.41 Å². The van der Waals surface area contributed by atoms with Gasteiger partial charge >= 0.3 is 0 Å². The molecule has 50 heavy (non-hydrogen) atoms. The number of rotatable bonds is 5. The summed E-state index contributed by atoms with van der Waals surface area (Å²) in [4.78, 5) is 7.30. The number of anilines is 3. The van der Waals surface area contributed by atoms with Crippen LogP contribution in [0.5, 0.6) is 0 Å². The molecule has 0 unspecified atom stereocenters. The van der Waals surface area contributed by atoms with Gasteiger partial charge in [0.05, 0.1) is 11.4 Å². The highest BCUT2D eigenvalue weighted by molar-refractivity contribution is 6.10. The van der Waals surface area contributed by atoms with Crippen molar-refractivity contribution in [2.24, 2.45) is 0 Å². The van der Waals surface area contributed by atoms with Gasteiger partial charge in [-0.25, -0.2) is 4.98 Å². The lowest BCUT2D eigenvalue weighted by molar-refractivity contribution is 0.617. The van der Waals surface area contributed by atoms with Crippen molar-refractivity contribution < 1.29 is 8.83 Å². The number of hydrogen-bond acceptors (Lipinski definition) is 4. The molecule has 9 aromatic rings. The third-order valence-electron chi connectivity index (χ3n) is 10.3. The fraction of sp³-hybridized carbons (Fsp3) is 0.0652. The van der Waals surface area contributed by atoms with Gasteiger partial charge in [-0.15, -0.1) is 0 Å². The van der Waals surface area contributed by atoms with Crippen LogP contribution in [0, 0.1) is 0 Å². The van der Waals surface area contributed by atoms with Gasteiger partial charge in [-0.1, -0.05) is 117 Å². The zero-order valence-corrected chi connectivity index (χ0v) is 27.7. The Kier molecular flexibility index (Phi) is 6.19. The summed E-state index contributed by atoms with van der Waals surface area (Å²) in [5, 5.41) is 2.03. The molecule has 4 heteroatoms. The molecule has 0 saturated heterocycles. The average molecular weight is 645 g/mol. The van der Waals surface area contributed by atoms with Gasteiger partial charge in [0.15, 0.2) is 5.58 Å². The number of para-hydroxylation sites is 1. The summed E-state index contributed by atoms with van der Waals surface area (Å²) in [5.74, 6) is 0.600. The number of benzene rings is 7. The number of fused-ring (bicyclic) bond motifs is 7. The second kappa shape index (κ2) is 10.8. The van der Waals surface area contributed by atoms with Gasteiger partial charge in [0.2, 0.25) is 5.89 Å². The lowest BCUT2D eigenvalue weighted by Gasteiger charge is -2.30. The molecule has 0 N–H and O–H groups in total. The average Bonchev–Trinajstić information content (AvgIpc) is 3.81. The monoisotopic (exact) mass is 644 g/mol. The van der Waals surface area contributed by atoms with Crippen LogP contribution in [0.25, 0.3) is 66.7 Å². The van der Waals surface area contributed by atoms with Crippen molar-refractivity contribution in [1.29, 1.82) is 0 Å². The summed E-state index contributed by atoms with van der Waals surface area (Å²) < 4.78 is 12.7. The zero-order valence-electron chi connectivity index (χ0n) is 27.7. The molecule has 7 aromatic carbocycles. The standard InChI is InChI=1S/C46H32N2O2/c1-46(2)36-20-11-9-19-33(36)44-37(46)21-13-23-40(44)48(39-22-12-10-18-32(39)29-14-5-3-6-15-29)31-24-25-41-34(26-31)35-27-38-43(28-42(35)49-41)50-45(47-38)30-16-7-4-8-17-30/h3-28H,1-2H3. The number of oxazole rings is 1. The Morgan fingerprint density at radius 2 is 1.16 bits per heavy atom. The first kappa shape index (κ1) is 28.6. The maximum absolute atomic E-state index is 6.46. The molecule has 0 aliphatic heterocycles. The molecule has 10 rings (SSSR count). The van der Waals surface area contributed by atoms with Gasteiger partial charge in [0, 0.05) is 44.6 Å². The highest BCUT2D eigenvalue weighted by atomic mass is 16.4. The molecule has 0 fully saturated rings. The highest BCUT2D eigenvalue weighted by Crippen LogP contribution is 2.55. The van der Waals surface area contributed by atoms with Crippen LogP contribution in [0.3, 0.4) is 0 Å². The van der Waals surface area contributed by atoms with Gasteiger partial charge in [0.1, 0.15) is 16.7 Å². The van der Waals surface area contributed by atoms with Crippen LogP contribution in [0.1, 0.15) is 25.0 Å². The van der Waals surface area contributed by atoms with Gasteiger partial charge < -0.3 is 13.7 Å². The zero-order chi connectivity index (χ0) is 33.4. The summed E-state index contributed by atoms with van der Waals surface area (Å²) in [6.07, 6.45) is 0. The van der Waals surface area contributed by atoms with Gasteiger partial charge in [-0.3, -0.25) is 0 Å². The van der Waals surface area contributed by atoms with E-state index >= 15 is 0 Å². The molecule has 0 bridgehead atoms. The molecular weight excluding hydrogens is 613 g/mol. The van der Waals surface area contributed by atoms with Gasteiger partial charge in [0.25, 0.3) is 0 Å².